The summed E-state index contributed by atoms with van der Waals surface area (Å²) in [6.45, 7) is 4.70. The van der Waals surface area contributed by atoms with Gasteiger partial charge in [0.2, 0.25) is 0 Å². The topological polar surface area (TPSA) is 49.8 Å². The van der Waals surface area contributed by atoms with Crippen LogP contribution in [-0.4, -0.2) is 9.97 Å². The third kappa shape index (κ3) is 4.07. The maximum Gasteiger partial charge on any atom is 0.135 e. The molecule has 3 aromatic rings. The summed E-state index contributed by atoms with van der Waals surface area (Å²) in [5.74, 6) is 1.20. The van der Waals surface area contributed by atoms with Crippen molar-refractivity contribution in [3.63, 3.8) is 0 Å². The molecule has 0 aliphatic rings. The van der Waals surface area contributed by atoms with Crippen molar-refractivity contribution in [2.45, 2.75) is 20.4 Å². The third-order valence-electron chi connectivity index (χ3n) is 3.70. The number of hydrogen-bond acceptors (Lipinski definition) is 4. The van der Waals surface area contributed by atoms with Crippen molar-refractivity contribution < 1.29 is 4.39 Å². The fraction of sp³-hybridized carbons (Fsp3) is 0.158. The van der Waals surface area contributed by atoms with E-state index in [4.69, 9.17) is 0 Å². The molecule has 2 N–H and O–H groups in total. The van der Waals surface area contributed by atoms with E-state index >= 15 is 0 Å². The molecule has 0 saturated carbocycles. The van der Waals surface area contributed by atoms with Crippen LogP contribution in [-0.2, 0) is 6.54 Å². The number of aryl methyl sites for hydroxylation is 2. The molecule has 0 radical (unpaired) electrons. The zero-order chi connectivity index (χ0) is 16.9. The van der Waals surface area contributed by atoms with Gasteiger partial charge in [-0.25, -0.2) is 14.4 Å². The summed E-state index contributed by atoms with van der Waals surface area (Å²) in [6.07, 6.45) is 1.51. The number of anilines is 3. The minimum absolute atomic E-state index is 0.235. The molecular weight excluding hydrogens is 303 g/mol. The van der Waals surface area contributed by atoms with Gasteiger partial charge >= 0.3 is 0 Å². The van der Waals surface area contributed by atoms with E-state index in [1.807, 2.05) is 12.1 Å². The Morgan fingerprint density at radius 1 is 0.917 bits per heavy atom. The molecule has 122 valence electrons. The molecule has 0 spiro atoms. The molecular formula is C19H19FN4. The van der Waals surface area contributed by atoms with E-state index < -0.39 is 0 Å². The lowest BCUT2D eigenvalue weighted by molar-refractivity contribution is 0.627. The average Bonchev–Trinajstić information content (AvgIpc) is 2.57. The SMILES string of the molecule is Cc1ccc(Nc2cc(NCc3ccc(F)cc3)ncn2)c(C)c1. The van der Waals surface area contributed by atoms with E-state index in [2.05, 4.69) is 46.6 Å². The van der Waals surface area contributed by atoms with Gasteiger partial charge in [-0.05, 0) is 43.2 Å². The second-order valence-electron chi connectivity index (χ2n) is 5.71. The summed E-state index contributed by atoms with van der Waals surface area (Å²) in [5, 5.41) is 6.52. The molecule has 0 bridgehead atoms. The average molecular weight is 322 g/mol. The molecule has 1 aromatic heterocycles. The third-order valence-corrected chi connectivity index (χ3v) is 3.70. The van der Waals surface area contributed by atoms with E-state index in [1.54, 1.807) is 12.1 Å². The quantitative estimate of drug-likeness (QED) is 0.721. The van der Waals surface area contributed by atoms with E-state index in [1.165, 1.54) is 24.0 Å². The molecule has 0 atom stereocenters. The van der Waals surface area contributed by atoms with E-state index in [0.717, 1.165) is 22.6 Å². The van der Waals surface area contributed by atoms with Gasteiger partial charge in [0.1, 0.15) is 23.8 Å². The van der Waals surface area contributed by atoms with Gasteiger partial charge in [0.15, 0.2) is 0 Å². The van der Waals surface area contributed by atoms with Crippen molar-refractivity contribution in [1.82, 2.24) is 9.97 Å². The summed E-state index contributed by atoms with van der Waals surface area (Å²) < 4.78 is 12.9. The van der Waals surface area contributed by atoms with Crippen LogP contribution in [0.4, 0.5) is 21.7 Å². The molecule has 0 fully saturated rings. The molecule has 0 aliphatic heterocycles. The molecule has 1 heterocycles. The van der Waals surface area contributed by atoms with Crippen molar-refractivity contribution in [3.8, 4) is 0 Å². The van der Waals surface area contributed by atoms with Gasteiger partial charge in [-0.1, -0.05) is 29.8 Å². The molecule has 24 heavy (non-hydrogen) atoms. The van der Waals surface area contributed by atoms with Crippen LogP contribution < -0.4 is 10.6 Å². The van der Waals surface area contributed by atoms with Crippen LogP contribution in [0, 0.1) is 19.7 Å². The summed E-state index contributed by atoms with van der Waals surface area (Å²) in [7, 11) is 0. The normalized spacial score (nSPS) is 10.5. The fourth-order valence-electron chi connectivity index (χ4n) is 2.41. The molecule has 0 amide bonds. The van der Waals surface area contributed by atoms with Crippen molar-refractivity contribution in [2.24, 2.45) is 0 Å². The Balaban J connectivity index is 1.68. The molecule has 0 aliphatic carbocycles. The smallest absolute Gasteiger partial charge is 0.135 e. The predicted molar refractivity (Wildman–Crippen MR) is 95.0 cm³/mol. The lowest BCUT2D eigenvalue weighted by Gasteiger charge is -2.11. The standard InChI is InChI=1S/C19H19FN4/c1-13-3-8-17(14(2)9-13)24-19-10-18(22-12-23-19)21-11-15-4-6-16(20)7-5-15/h3-10,12H,11H2,1-2H3,(H2,21,22,23,24). The lowest BCUT2D eigenvalue weighted by Crippen LogP contribution is -2.03. The minimum Gasteiger partial charge on any atom is -0.366 e. The first-order chi connectivity index (χ1) is 11.6. The second-order valence-corrected chi connectivity index (χ2v) is 5.71. The van der Waals surface area contributed by atoms with Crippen LogP contribution in [0.5, 0.6) is 0 Å². The molecule has 3 rings (SSSR count). The number of hydrogen-bond donors (Lipinski definition) is 2. The maximum atomic E-state index is 12.9. The summed E-state index contributed by atoms with van der Waals surface area (Å²) in [5.41, 5.74) is 4.39. The number of benzene rings is 2. The lowest BCUT2D eigenvalue weighted by atomic mass is 10.1. The van der Waals surface area contributed by atoms with Crippen LogP contribution in [0.1, 0.15) is 16.7 Å². The first-order valence-electron chi connectivity index (χ1n) is 7.75. The monoisotopic (exact) mass is 322 g/mol. The van der Waals surface area contributed by atoms with Crippen LogP contribution in [0.3, 0.4) is 0 Å². The van der Waals surface area contributed by atoms with Gasteiger partial charge < -0.3 is 10.6 Å². The van der Waals surface area contributed by atoms with Crippen molar-refractivity contribution in [1.29, 1.82) is 0 Å². The zero-order valence-electron chi connectivity index (χ0n) is 13.7. The first-order valence-corrected chi connectivity index (χ1v) is 7.75. The Labute approximate surface area is 140 Å². The van der Waals surface area contributed by atoms with Crippen LogP contribution in [0.2, 0.25) is 0 Å². The Hall–Kier alpha value is -2.95. The number of aromatic nitrogens is 2. The summed E-state index contributed by atoms with van der Waals surface area (Å²) in [4.78, 5) is 8.47. The van der Waals surface area contributed by atoms with Crippen molar-refractivity contribution in [3.05, 3.63) is 77.4 Å². The second kappa shape index (κ2) is 7.08. The largest absolute Gasteiger partial charge is 0.366 e. The van der Waals surface area contributed by atoms with Crippen LogP contribution in [0.25, 0.3) is 0 Å². The van der Waals surface area contributed by atoms with E-state index in [-0.39, 0.29) is 5.82 Å². The highest BCUT2D eigenvalue weighted by Gasteiger charge is 2.03. The van der Waals surface area contributed by atoms with Gasteiger partial charge in [-0.15, -0.1) is 0 Å². The predicted octanol–water partition coefficient (Wildman–Crippen LogP) is 4.59. The molecule has 5 heteroatoms. The highest BCUT2D eigenvalue weighted by Crippen LogP contribution is 2.21. The number of nitrogens with zero attached hydrogens (tertiary/aromatic N) is 2. The first kappa shape index (κ1) is 15.9. The number of halogens is 1. The van der Waals surface area contributed by atoms with Crippen molar-refractivity contribution >= 4 is 17.3 Å². The number of rotatable bonds is 5. The fourth-order valence-corrected chi connectivity index (χ4v) is 2.41. The Kier molecular flexibility index (Phi) is 4.70. The minimum atomic E-state index is -0.235. The molecule has 0 saturated heterocycles. The van der Waals surface area contributed by atoms with Crippen LogP contribution in [0.15, 0.2) is 54.9 Å². The van der Waals surface area contributed by atoms with Gasteiger partial charge in [-0.3, -0.25) is 0 Å². The summed E-state index contributed by atoms with van der Waals surface area (Å²) >= 11 is 0. The Bertz CT molecular complexity index is 831. The molecule has 0 unspecified atom stereocenters. The highest BCUT2D eigenvalue weighted by molar-refractivity contribution is 5.62. The van der Waals surface area contributed by atoms with E-state index in [0.29, 0.717) is 12.4 Å². The zero-order valence-corrected chi connectivity index (χ0v) is 13.7. The van der Waals surface area contributed by atoms with Gasteiger partial charge in [-0.2, -0.15) is 0 Å². The van der Waals surface area contributed by atoms with E-state index in [9.17, 15) is 4.39 Å². The molecule has 4 nitrogen and oxygen atoms in total. The molecule has 2 aromatic carbocycles. The van der Waals surface area contributed by atoms with Gasteiger partial charge in [0.05, 0.1) is 0 Å². The van der Waals surface area contributed by atoms with Crippen molar-refractivity contribution in [2.75, 3.05) is 10.6 Å². The Morgan fingerprint density at radius 2 is 1.67 bits per heavy atom. The highest BCUT2D eigenvalue weighted by atomic mass is 19.1. The Morgan fingerprint density at radius 3 is 2.42 bits per heavy atom. The van der Waals surface area contributed by atoms with Crippen LogP contribution >= 0.6 is 0 Å². The maximum absolute atomic E-state index is 12.9. The summed E-state index contributed by atoms with van der Waals surface area (Å²) in [6, 6.07) is 14.5. The number of nitrogens with one attached hydrogen (secondary N) is 2. The van der Waals surface area contributed by atoms with Gasteiger partial charge in [0, 0.05) is 18.3 Å². The van der Waals surface area contributed by atoms with Gasteiger partial charge in [0.25, 0.3) is 0 Å².